The van der Waals surface area contributed by atoms with Gasteiger partial charge in [-0.3, -0.25) is 24.6 Å². The summed E-state index contributed by atoms with van der Waals surface area (Å²) in [6, 6.07) is 14.1. The number of carbonyl (C=O) groups is 3. The number of urea groups is 1. The molecule has 29 heavy (non-hydrogen) atoms. The van der Waals surface area contributed by atoms with Crippen LogP contribution < -0.4 is 0 Å². The third-order valence-corrected chi connectivity index (χ3v) is 4.94. The monoisotopic (exact) mass is 397 g/mol. The van der Waals surface area contributed by atoms with E-state index in [1.165, 1.54) is 29.2 Å². The van der Waals surface area contributed by atoms with Gasteiger partial charge in [-0.2, -0.15) is 0 Å². The van der Waals surface area contributed by atoms with Gasteiger partial charge < -0.3 is 10.0 Å². The summed E-state index contributed by atoms with van der Waals surface area (Å²) in [5, 5.41) is 20.0. The molecule has 2 aromatic carbocycles. The number of carboxylic acid groups (broad SMARTS) is 1. The number of carboxylic acids is 1. The number of non-ortho nitro benzene ring substituents is 1. The number of nitro groups is 1. The van der Waals surface area contributed by atoms with Crippen LogP contribution in [0, 0.1) is 10.1 Å². The zero-order chi connectivity index (χ0) is 21.2. The summed E-state index contributed by atoms with van der Waals surface area (Å²) >= 11 is 0. The molecule has 9 heteroatoms. The molecule has 0 aromatic heterocycles. The smallest absolute Gasteiger partial charge is 0.328 e. The molecule has 1 heterocycles. The summed E-state index contributed by atoms with van der Waals surface area (Å²) in [5.74, 6) is -1.90. The van der Waals surface area contributed by atoms with Gasteiger partial charge in [-0.1, -0.05) is 42.5 Å². The lowest BCUT2D eigenvalue weighted by atomic mass is 9.90. The van der Waals surface area contributed by atoms with Crippen molar-refractivity contribution in [3.8, 4) is 0 Å². The second kappa shape index (κ2) is 7.70. The van der Waals surface area contributed by atoms with Crippen LogP contribution in [0.5, 0.6) is 0 Å². The van der Waals surface area contributed by atoms with Crippen LogP contribution in [0.15, 0.2) is 54.6 Å². The average Bonchev–Trinajstić information content (AvgIpc) is 2.85. The Balaban J connectivity index is 1.95. The third kappa shape index (κ3) is 3.93. The van der Waals surface area contributed by atoms with Crippen LogP contribution in [-0.4, -0.2) is 49.8 Å². The second-order valence-corrected chi connectivity index (χ2v) is 7.01. The van der Waals surface area contributed by atoms with E-state index in [0.717, 1.165) is 10.5 Å². The molecule has 0 bridgehead atoms. The van der Waals surface area contributed by atoms with Crippen LogP contribution in [0.2, 0.25) is 0 Å². The molecule has 2 aromatic rings. The van der Waals surface area contributed by atoms with Crippen LogP contribution in [0.4, 0.5) is 10.5 Å². The van der Waals surface area contributed by atoms with E-state index in [1.54, 1.807) is 19.1 Å². The molecule has 3 rings (SSSR count). The van der Waals surface area contributed by atoms with Gasteiger partial charge in [-0.15, -0.1) is 0 Å². The summed E-state index contributed by atoms with van der Waals surface area (Å²) in [6.07, 6.45) is 0.0958. The molecular weight excluding hydrogens is 378 g/mol. The molecule has 0 saturated carbocycles. The number of hydrogen-bond donors (Lipinski definition) is 1. The van der Waals surface area contributed by atoms with Crippen LogP contribution in [0.25, 0.3) is 0 Å². The highest BCUT2D eigenvalue weighted by atomic mass is 16.6. The zero-order valence-electron chi connectivity index (χ0n) is 15.6. The maximum Gasteiger partial charge on any atom is 0.328 e. The minimum absolute atomic E-state index is 0.0821. The van der Waals surface area contributed by atoms with Crippen molar-refractivity contribution in [2.24, 2.45) is 0 Å². The lowest BCUT2D eigenvalue weighted by Gasteiger charge is -2.32. The van der Waals surface area contributed by atoms with Crippen molar-refractivity contribution in [1.29, 1.82) is 0 Å². The first-order valence-electron chi connectivity index (χ1n) is 8.85. The molecule has 1 unspecified atom stereocenters. The molecule has 150 valence electrons. The van der Waals surface area contributed by atoms with Gasteiger partial charge in [-0.25, -0.2) is 4.79 Å². The molecular formula is C20H19N3O6. The molecule has 0 spiro atoms. The maximum absolute atomic E-state index is 13.0. The molecule has 1 aliphatic heterocycles. The Morgan fingerprint density at radius 2 is 1.69 bits per heavy atom. The molecule has 1 saturated heterocycles. The van der Waals surface area contributed by atoms with Crippen molar-refractivity contribution in [1.82, 2.24) is 9.80 Å². The van der Waals surface area contributed by atoms with Crippen molar-refractivity contribution >= 4 is 23.6 Å². The van der Waals surface area contributed by atoms with Crippen LogP contribution in [-0.2, 0) is 22.6 Å². The van der Waals surface area contributed by atoms with Crippen molar-refractivity contribution in [3.05, 3.63) is 75.8 Å². The third-order valence-electron chi connectivity index (χ3n) is 4.94. The minimum Gasteiger partial charge on any atom is -0.480 e. The van der Waals surface area contributed by atoms with Crippen LogP contribution in [0.3, 0.4) is 0 Å². The highest BCUT2D eigenvalue weighted by molar-refractivity contribution is 6.08. The Kier molecular flexibility index (Phi) is 5.31. The SMILES string of the molecule is CC1(Cc2ccc([N+](=O)[O-])cc2)C(=O)N(CC(=O)O)C(=O)N1Cc1ccccc1. The molecule has 9 nitrogen and oxygen atoms in total. The number of hydrogen-bond acceptors (Lipinski definition) is 5. The molecule has 1 aliphatic rings. The average molecular weight is 397 g/mol. The van der Waals surface area contributed by atoms with Crippen molar-refractivity contribution in [3.63, 3.8) is 0 Å². The van der Waals surface area contributed by atoms with Gasteiger partial charge in [-0.05, 0) is 18.1 Å². The molecule has 0 radical (unpaired) electrons. The summed E-state index contributed by atoms with van der Waals surface area (Å²) in [7, 11) is 0. The molecule has 1 N–H and O–H groups in total. The molecule has 3 amide bonds. The molecule has 0 aliphatic carbocycles. The number of amides is 3. The van der Waals surface area contributed by atoms with Gasteiger partial charge in [0.15, 0.2) is 0 Å². The zero-order valence-corrected chi connectivity index (χ0v) is 15.6. The fourth-order valence-corrected chi connectivity index (χ4v) is 3.44. The minimum atomic E-state index is -1.32. The first-order chi connectivity index (χ1) is 13.7. The van der Waals surface area contributed by atoms with E-state index in [9.17, 15) is 24.5 Å². The van der Waals surface area contributed by atoms with Gasteiger partial charge >= 0.3 is 12.0 Å². The predicted molar refractivity (Wildman–Crippen MR) is 102 cm³/mol. The number of aliphatic carboxylic acids is 1. The number of nitrogens with zero attached hydrogens (tertiary/aromatic N) is 3. The fraction of sp³-hybridized carbons (Fsp3) is 0.250. The number of benzene rings is 2. The summed E-state index contributed by atoms with van der Waals surface area (Å²) in [6.45, 7) is 0.989. The van der Waals surface area contributed by atoms with Gasteiger partial charge in [0.25, 0.3) is 11.6 Å². The Morgan fingerprint density at radius 3 is 2.24 bits per heavy atom. The van der Waals surface area contributed by atoms with E-state index in [-0.39, 0.29) is 18.7 Å². The molecule has 1 atom stereocenters. The van der Waals surface area contributed by atoms with E-state index < -0.39 is 34.9 Å². The van der Waals surface area contributed by atoms with Gasteiger partial charge in [0.2, 0.25) is 0 Å². The number of imide groups is 1. The van der Waals surface area contributed by atoms with Crippen molar-refractivity contribution < 1.29 is 24.4 Å². The highest BCUT2D eigenvalue weighted by Crippen LogP contribution is 2.33. The first kappa shape index (κ1) is 20.0. The van der Waals surface area contributed by atoms with Crippen LogP contribution in [0.1, 0.15) is 18.1 Å². The highest BCUT2D eigenvalue weighted by Gasteiger charge is 2.54. The summed E-state index contributed by atoms with van der Waals surface area (Å²) < 4.78 is 0. The fourth-order valence-electron chi connectivity index (χ4n) is 3.44. The predicted octanol–water partition coefficient (Wildman–Crippen LogP) is 2.45. The maximum atomic E-state index is 13.0. The Labute approximate surface area is 166 Å². The lowest BCUT2D eigenvalue weighted by molar-refractivity contribution is -0.384. The quantitative estimate of drug-likeness (QED) is 0.435. The molecule has 1 fully saturated rings. The topological polar surface area (TPSA) is 121 Å². The van der Waals surface area contributed by atoms with E-state index in [1.807, 2.05) is 18.2 Å². The second-order valence-electron chi connectivity index (χ2n) is 7.01. The number of nitro benzene ring substituents is 1. The largest absolute Gasteiger partial charge is 0.480 e. The summed E-state index contributed by atoms with van der Waals surface area (Å²) in [4.78, 5) is 49.5. The Bertz CT molecular complexity index is 960. The normalized spacial score (nSPS) is 18.9. The van der Waals surface area contributed by atoms with E-state index in [2.05, 4.69) is 0 Å². The Hall–Kier alpha value is -3.75. The summed E-state index contributed by atoms with van der Waals surface area (Å²) in [5.41, 5.74) is 0.00927. The van der Waals surface area contributed by atoms with E-state index in [0.29, 0.717) is 5.56 Å². The van der Waals surface area contributed by atoms with Gasteiger partial charge in [0.1, 0.15) is 12.1 Å². The Morgan fingerprint density at radius 1 is 1.07 bits per heavy atom. The van der Waals surface area contributed by atoms with Gasteiger partial charge in [0, 0.05) is 25.1 Å². The number of carbonyl (C=O) groups excluding carboxylic acids is 2. The van der Waals surface area contributed by atoms with Crippen molar-refractivity contribution in [2.45, 2.75) is 25.4 Å². The van der Waals surface area contributed by atoms with Gasteiger partial charge in [0.05, 0.1) is 4.92 Å². The number of rotatable bonds is 7. The van der Waals surface area contributed by atoms with Crippen molar-refractivity contribution in [2.75, 3.05) is 6.54 Å². The van der Waals surface area contributed by atoms with E-state index >= 15 is 0 Å². The first-order valence-corrected chi connectivity index (χ1v) is 8.85. The standard InChI is InChI=1S/C20H19N3O6/c1-20(11-14-7-9-16(10-8-14)23(28)29)18(26)21(13-17(24)25)19(27)22(20)12-15-5-3-2-4-6-15/h2-10H,11-13H2,1H3,(H,24,25). The van der Waals surface area contributed by atoms with Crippen LogP contribution >= 0.6 is 0 Å². The van der Waals surface area contributed by atoms with E-state index in [4.69, 9.17) is 5.11 Å². The lowest BCUT2D eigenvalue weighted by Crippen LogP contribution is -2.48.